The number of imidazole rings is 2. The summed E-state index contributed by atoms with van der Waals surface area (Å²) in [6, 6.07) is 7.87. The van der Waals surface area contributed by atoms with Gasteiger partial charge < -0.3 is 9.47 Å². The van der Waals surface area contributed by atoms with E-state index in [4.69, 9.17) is 4.98 Å². The molecular weight excluding hydrogens is 392 g/mol. The largest absolute Gasteiger partial charge is 0.332 e. The third-order valence-electron chi connectivity index (χ3n) is 6.14. The molecule has 0 aliphatic heterocycles. The first-order chi connectivity index (χ1) is 14.8. The number of hydrogen-bond acceptors (Lipinski definition) is 4. The van der Waals surface area contributed by atoms with E-state index in [-0.39, 0.29) is 17.8 Å². The van der Waals surface area contributed by atoms with E-state index in [1.807, 2.05) is 48.7 Å². The van der Waals surface area contributed by atoms with E-state index in [0.717, 1.165) is 43.0 Å². The molecule has 164 valence electrons. The molecule has 4 rings (SSSR count). The Morgan fingerprint density at radius 3 is 2.32 bits per heavy atom. The minimum absolute atomic E-state index is 0.233. The number of fused-ring (bicyclic) bond motifs is 3. The first-order valence-corrected chi connectivity index (χ1v) is 10.8. The summed E-state index contributed by atoms with van der Waals surface area (Å²) in [5.41, 5.74) is 3.28. The van der Waals surface area contributed by atoms with Crippen molar-refractivity contribution in [1.82, 2.24) is 28.0 Å². The van der Waals surface area contributed by atoms with E-state index in [9.17, 15) is 9.59 Å². The molecule has 0 fully saturated rings. The van der Waals surface area contributed by atoms with Crippen LogP contribution in [0.3, 0.4) is 0 Å². The quantitative estimate of drug-likeness (QED) is 0.458. The van der Waals surface area contributed by atoms with Gasteiger partial charge in [-0.1, -0.05) is 43.7 Å². The molecule has 0 bridgehead atoms. The smallest absolute Gasteiger partial charge is 0.313 e. The van der Waals surface area contributed by atoms with E-state index in [2.05, 4.69) is 23.3 Å². The zero-order chi connectivity index (χ0) is 22.3. The number of nitrogens with zero attached hydrogens (tertiary/aromatic N) is 6. The number of rotatable bonds is 7. The van der Waals surface area contributed by atoms with Gasteiger partial charge in [-0.15, -0.1) is 0 Å². The minimum atomic E-state index is -0.356. The molecule has 0 radical (unpaired) electrons. The van der Waals surface area contributed by atoms with E-state index in [1.165, 1.54) is 9.13 Å². The predicted octanol–water partition coefficient (Wildman–Crippen LogP) is 2.16. The number of hydrogen-bond donors (Lipinski definition) is 0. The Morgan fingerprint density at radius 1 is 1.00 bits per heavy atom. The second kappa shape index (κ2) is 8.19. The molecule has 0 atom stereocenters. The average molecular weight is 423 g/mol. The van der Waals surface area contributed by atoms with Crippen molar-refractivity contribution in [3.8, 4) is 0 Å². The Morgan fingerprint density at radius 2 is 1.68 bits per heavy atom. The third-order valence-corrected chi connectivity index (χ3v) is 6.14. The monoisotopic (exact) mass is 422 g/mol. The zero-order valence-electron chi connectivity index (χ0n) is 18.9. The highest BCUT2D eigenvalue weighted by molar-refractivity contribution is 5.75. The molecule has 31 heavy (non-hydrogen) atoms. The summed E-state index contributed by atoms with van der Waals surface area (Å²) < 4.78 is 6.72. The van der Waals surface area contributed by atoms with Crippen LogP contribution < -0.4 is 11.2 Å². The fraction of sp³-hybridized carbons (Fsp3) is 0.435. The second-order valence-electron chi connectivity index (χ2n) is 8.12. The lowest BCUT2D eigenvalue weighted by molar-refractivity contribution is 0.291. The maximum Gasteiger partial charge on any atom is 0.332 e. The Labute approximate surface area is 181 Å². The molecule has 3 aromatic heterocycles. The molecule has 0 N–H and O–H groups in total. The number of aromatic nitrogens is 5. The lowest BCUT2D eigenvalue weighted by Gasteiger charge is -2.18. The topological polar surface area (TPSA) is 69.5 Å². The molecule has 0 unspecified atom stereocenters. The van der Waals surface area contributed by atoms with Gasteiger partial charge in [0.1, 0.15) is 0 Å². The molecule has 0 saturated carbocycles. The highest BCUT2D eigenvalue weighted by Gasteiger charge is 2.20. The highest BCUT2D eigenvalue weighted by atomic mass is 16.2. The molecular formula is C23H30N6O2. The van der Waals surface area contributed by atoms with Crippen molar-refractivity contribution >= 4 is 16.9 Å². The van der Waals surface area contributed by atoms with Crippen LogP contribution in [0.1, 0.15) is 30.7 Å². The van der Waals surface area contributed by atoms with Crippen molar-refractivity contribution in [3.63, 3.8) is 0 Å². The molecule has 3 heterocycles. The highest BCUT2D eigenvalue weighted by Crippen LogP contribution is 2.16. The summed E-state index contributed by atoms with van der Waals surface area (Å²) >= 11 is 0. The molecule has 8 heteroatoms. The molecule has 0 amide bonds. The van der Waals surface area contributed by atoms with Gasteiger partial charge in [-0.3, -0.25) is 18.3 Å². The van der Waals surface area contributed by atoms with Crippen LogP contribution in [0.15, 0.2) is 40.1 Å². The average Bonchev–Trinajstić information content (AvgIpc) is 3.27. The molecule has 0 aliphatic carbocycles. The van der Waals surface area contributed by atoms with E-state index < -0.39 is 0 Å². The summed E-state index contributed by atoms with van der Waals surface area (Å²) in [7, 11) is 1.68. The Hall–Kier alpha value is -3.13. The first kappa shape index (κ1) is 21.1. The minimum Gasteiger partial charge on any atom is -0.313 e. The van der Waals surface area contributed by atoms with Crippen LogP contribution in [-0.4, -0.2) is 47.6 Å². The van der Waals surface area contributed by atoms with E-state index in [1.54, 1.807) is 7.05 Å². The summed E-state index contributed by atoms with van der Waals surface area (Å²) in [6.45, 7) is 12.2. The van der Waals surface area contributed by atoms with E-state index in [0.29, 0.717) is 16.9 Å². The van der Waals surface area contributed by atoms with Crippen molar-refractivity contribution in [3.05, 3.63) is 68.1 Å². The first-order valence-electron chi connectivity index (χ1n) is 10.8. The number of aryl methyl sites for hydroxylation is 3. The fourth-order valence-corrected chi connectivity index (χ4v) is 4.13. The maximum absolute atomic E-state index is 13.4. The van der Waals surface area contributed by atoms with Gasteiger partial charge in [0.05, 0.1) is 6.54 Å². The predicted molar refractivity (Wildman–Crippen MR) is 123 cm³/mol. The van der Waals surface area contributed by atoms with Gasteiger partial charge in [-0.05, 0) is 32.5 Å². The van der Waals surface area contributed by atoms with Crippen LogP contribution in [-0.2, 0) is 20.1 Å². The van der Waals surface area contributed by atoms with Gasteiger partial charge in [0.2, 0.25) is 5.78 Å². The van der Waals surface area contributed by atoms with Gasteiger partial charge in [0, 0.05) is 32.0 Å². The standard InChI is InChI=1S/C23H30N6O2/c1-6-26(7-2)12-13-27-17(4)14-28-19-20(24-22(27)28)25(5)23(31)29(21(19)30)15-18-10-8-16(3)9-11-18/h8-11,14H,6-7,12-13,15H2,1-5H3. The normalized spacial score (nSPS) is 11.9. The lowest BCUT2D eigenvalue weighted by Crippen LogP contribution is -2.39. The second-order valence-corrected chi connectivity index (χ2v) is 8.12. The van der Waals surface area contributed by atoms with Crippen molar-refractivity contribution in [1.29, 1.82) is 0 Å². The van der Waals surface area contributed by atoms with Crippen LogP contribution in [0, 0.1) is 13.8 Å². The summed E-state index contributed by atoms with van der Waals surface area (Å²) in [5.74, 6) is 0.694. The molecule has 0 spiro atoms. The zero-order valence-corrected chi connectivity index (χ0v) is 18.9. The Kier molecular flexibility index (Phi) is 5.58. The van der Waals surface area contributed by atoms with Gasteiger partial charge >= 0.3 is 5.69 Å². The van der Waals surface area contributed by atoms with Crippen LogP contribution in [0.4, 0.5) is 0 Å². The van der Waals surface area contributed by atoms with Crippen molar-refractivity contribution in [2.45, 2.75) is 40.8 Å². The van der Waals surface area contributed by atoms with Crippen LogP contribution in [0.25, 0.3) is 16.9 Å². The van der Waals surface area contributed by atoms with Crippen molar-refractivity contribution < 1.29 is 0 Å². The van der Waals surface area contributed by atoms with Gasteiger partial charge in [-0.25, -0.2) is 4.79 Å². The summed E-state index contributed by atoms with van der Waals surface area (Å²) in [4.78, 5) is 33.4. The van der Waals surface area contributed by atoms with Crippen LogP contribution in [0.5, 0.6) is 0 Å². The van der Waals surface area contributed by atoms with Crippen molar-refractivity contribution in [2.75, 3.05) is 19.6 Å². The molecule has 0 aliphatic rings. The molecule has 0 saturated heterocycles. The van der Waals surface area contributed by atoms with Crippen LogP contribution >= 0.6 is 0 Å². The molecule has 1 aromatic carbocycles. The van der Waals surface area contributed by atoms with Gasteiger partial charge in [-0.2, -0.15) is 4.98 Å². The van der Waals surface area contributed by atoms with Crippen molar-refractivity contribution in [2.24, 2.45) is 7.05 Å². The SMILES string of the molecule is CCN(CC)CCn1c(C)cn2c3c(=O)n(Cc4ccc(C)cc4)c(=O)n(C)c3nc12. The summed E-state index contributed by atoms with van der Waals surface area (Å²) in [5, 5.41) is 0. The number of likely N-dealkylation sites (N-methyl/N-ethyl adjacent to an activating group) is 1. The Bertz CT molecular complexity index is 1350. The van der Waals surface area contributed by atoms with Gasteiger partial charge in [0.15, 0.2) is 11.2 Å². The third kappa shape index (κ3) is 3.61. The molecule has 4 aromatic rings. The lowest BCUT2D eigenvalue weighted by atomic mass is 10.1. The molecule has 8 nitrogen and oxygen atoms in total. The summed E-state index contributed by atoms with van der Waals surface area (Å²) in [6.07, 6.45) is 1.94. The maximum atomic E-state index is 13.4. The van der Waals surface area contributed by atoms with E-state index >= 15 is 0 Å². The van der Waals surface area contributed by atoms with Crippen LogP contribution in [0.2, 0.25) is 0 Å². The van der Waals surface area contributed by atoms with Gasteiger partial charge in [0.25, 0.3) is 5.56 Å². The number of benzene rings is 1. The fourth-order valence-electron chi connectivity index (χ4n) is 4.13. The Balaban J connectivity index is 1.85.